The maximum absolute atomic E-state index is 11.4. The number of aryl methyl sites for hydroxylation is 2. The summed E-state index contributed by atoms with van der Waals surface area (Å²) in [5.74, 6) is -1.03. The van der Waals surface area contributed by atoms with E-state index in [-0.39, 0.29) is 91.9 Å². The van der Waals surface area contributed by atoms with Gasteiger partial charge in [-0.1, -0.05) is 48.5 Å². The molecule has 0 aliphatic heterocycles. The van der Waals surface area contributed by atoms with Gasteiger partial charge in [-0.15, -0.1) is 10.2 Å². The van der Waals surface area contributed by atoms with Gasteiger partial charge in [0.2, 0.25) is 0 Å². The summed E-state index contributed by atoms with van der Waals surface area (Å²) in [5.41, 5.74) is 1.65. The predicted octanol–water partition coefficient (Wildman–Crippen LogP) is 7.57. The van der Waals surface area contributed by atoms with E-state index in [0.29, 0.717) is 22.5 Å². The molecule has 276 valence electrons. The minimum absolute atomic E-state index is 0. The Labute approximate surface area is 341 Å². The van der Waals surface area contributed by atoms with Crippen LogP contribution in [-0.4, -0.2) is 94.2 Å². The fraction of sp³-hybridized carbons (Fsp3) is 0.0588. The van der Waals surface area contributed by atoms with Gasteiger partial charge in [-0.2, -0.15) is 10.2 Å². The third-order valence-corrected chi connectivity index (χ3v) is 9.51. The van der Waals surface area contributed by atoms with Crippen molar-refractivity contribution in [2.24, 2.45) is 20.5 Å². The number of rotatable bonds is 8. The Morgan fingerprint density at radius 3 is 1.15 bits per heavy atom. The minimum Gasteiger partial charge on any atom is -0.744 e. The largest absolute Gasteiger partial charge is 2.00 e. The van der Waals surface area contributed by atoms with Gasteiger partial charge in [-0.3, -0.25) is 0 Å². The van der Waals surface area contributed by atoms with E-state index >= 15 is 0 Å². The number of nitrogens with zero attached hydrogens (tertiary/aromatic N) is 6. The topological polar surface area (TPSA) is 285 Å². The number of benzene rings is 6. The minimum atomic E-state index is -4.79. The summed E-state index contributed by atoms with van der Waals surface area (Å²) in [6.45, 7) is 3.19. The quantitative estimate of drug-likeness (QED) is 0.0501. The van der Waals surface area contributed by atoms with Gasteiger partial charge in [-0.25, -0.2) is 27.3 Å². The molecule has 0 fully saturated rings. The summed E-state index contributed by atoms with van der Waals surface area (Å²) >= 11 is 0. The molecule has 21 heteroatoms. The van der Waals surface area contributed by atoms with E-state index in [1.54, 1.807) is 38.1 Å². The zero-order valence-corrected chi connectivity index (χ0v) is 32.3. The molecule has 0 heterocycles. The third-order valence-electron chi connectivity index (χ3n) is 7.76. The van der Waals surface area contributed by atoms with Crippen molar-refractivity contribution in [1.29, 1.82) is 0 Å². The molecular weight excluding hydrogens is 789 g/mol. The second-order valence-electron chi connectivity index (χ2n) is 11.4. The molecule has 0 radical (unpaired) electrons. The van der Waals surface area contributed by atoms with Crippen LogP contribution in [0.25, 0.3) is 21.5 Å². The van der Waals surface area contributed by atoms with Crippen molar-refractivity contribution in [1.82, 2.24) is 0 Å². The van der Waals surface area contributed by atoms with Crippen LogP contribution in [0, 0.1) is 23.7 Å². The number of phenols is 2. The van der Waals surface area contributed by atoms with Crippen molar-refractivity contribution >= 4 is 114 Å². The zero-order valence-electron chi connectivity index (χ0n) is 28.5. The van der Waals surface area contributed by atoms with Crippen molar-refractivity contribution in [2.45, 2.75) is 23.6 Å². The summed E-state index contributed by atoms with van der Waals surface area (Å²) < 4.78 is 68.7. The molecule has 0 spiro atoms. The van der Waals surface area contributed by atoms with Gasteiger partial charge in [0, 0.05) is 56.9 Å². The summed E-state index contributed by atoms with van der Waals surface area (Å²) in [5, 5.41) is 54.9. The van der Waals surface area contributed by atoms with E-state index in [1.165, 1.54) is 60.7 Å². The van der Waals surface area contributed by atoms with Gasteiger partial charge < -0.3 is 19.3 Å². The molecule has 0 atom stereocenters. The first kappa shape index (κ1) is 42.3. The molecule has 0 unspecified atom stereocenters. The van der Waals surface area contributed by atoms with Crippen LogP contribution >= 0.6 is 0 Å². The molecule has 6 rings (SSSR count). The van der Waals surface area contributed by atoms with Crippen LogP contribution in [0.15, 0.2) is 127 Å². The normalized spacial score (nSPS) is 11.7. The Bertz CT molecular complexity index is 2610. The number of hydrogen-bond donors (Lipinski definition) is 4. The molecule has 0 bridgehead atoms. The van der Waals surface area contributed by atoms with Crippen LogP contribution in [0.1, 0.15) is 11.1 Å². The maximum atomic E-state index is 11.4. The van der Waals surface area contributed by atoms with Gasteiger partial charge in [0.05, 0.1) is 31.0 Å². The standard InChI is InChI=1S/2C17H13N3O6S.Ca/c2*1-10-8-11(6-7-14(10)20(22)23)18-19-17-13-5-3-2-4-12(13)16(9-15(17)21)27(24,25)26;/h2*2-9H,1H3,(H2-,18,21,22,23,24,25,26);/q;;+2. The molecule has 55 heavy (non-hydrogen) atoms. The van der Waals surface area contributed by atoms with Crippen molar-refractivity contribution < 1.29 is 56.4 Å². The molecule has 18 nitrogen and oxygen atoms in total. The second kappa shape index (κ2) is 16.9. The van der Waals surface area contributed by atoms with E-state index in [4.69, 9.17) is 10.4 Å². The monoisotopic (exact) mass is 814 g/mol. The number of phenolic OH excluding ortho intramolecular Hbond substituents is 2. The third kappa shape index (κ3) is 9.61. The Balaban J connectivity index is 0.000000240. The van der Waals surface area contributed by atoms with Gasteiger partial charge in [-0.05, 0) is 38.1 Å². The Hall–Kier alpha value is -5.48. The van der Waals surface area contributed by atoms with Crippen LogP contribution in [-0.2, 0) is 20.2 Å². The molecule has 0 saturated heterocycles. The molecule has 0 aliphatic rings. The Kier molecular flexibility index (Phi) is 13.0. The molecule has 4 N–H and O–H groups in total. The van der Waals surface area contributed by atoms with Crippen LogP contribution in [0.3, 0.4) is 0 Å². The van der Waals surface area contributed by atoms with Crippen LogP contribution in [0.2, 0.25) is 0 Å². The average molecular weight is 815 g/mol. The van der Waals surface area contributed by atoms with E-state index in [9.17, 15) is 46.0 Å². The second-order valence-corrected chi connectivity index (χ2v) is 14.1. The summed E-state index contributed by atoms with van der Waals surface area (Å²) in [7, 11) is -9.59. The number of hydrogen-bond acceptors (Lipinski definition) is 14. The summed E-state index contributed by atoms with van der Waals surface area (Å²) in [4.78, 5) is 20.3. The SMILES string of the molecule is Cc1cc(N=Nc2c(O)cc(S(=O)(=O)[O-])c3ccccc23)ccc1[N+](=O)O.Cc1cc(N=Nc2c(O)cc(S(=O)(=O)[O-])c3ccccc23)ccc1[N+](=O)O.[Ca+2]. The summed E-state index contributed by atoms with van der Waals surface area (Å²) in [6.07, 6.45) is 0. The first-order valence-corrected chi connectivity index (χ1v) is 18.0. The molecule has 0 amide bonds. The van der Waals surface area contributed by atoms with Gasteiger partial charge in [0.1, 0.15) is 43.1 Å². The van der Waals surface area contributed by atoms with E-state index in [2.05, 4.69) is 20.5 Å². The average Bonchev–Trinajstić information content (AvgIpc) is 3.09. The maximum Gasteiger partial charge on any atom is 2.00 e. The van der Waals surface area contributed by atoms with Crippen LogP contribution < -0.4 is 0 Å². The molecule has 6 aromatic carbocycles. The van der Waals surface area contributed by atoms with E-state index in [1.807, 2.05) is 0 Å². The van der Waals surface area contributed by atoms with Gasteiger partial charge >= 0.3 is 49.1 Å². The molecule has 0 saturated carbocycles. The molecule has 0 aliphatic carbocycles. The van der Waals surface area contributed by atoms with Crippen molar-refractivity contribution in [3.63, 3.8) is 0 Å². The smallest absolute Gasteiger partial charge is 0.744 e. The van der Waals surface area contributed by atoms with Crippen molar-refractivity contribution in [3.8, 4) is 11.5 Å². The predicted molar refractivity (Wildman–Crippen MR) is 194 cm³/mol. The number of fused-ring (bicyclic) bond motifs is 2. The first-order valence-electron chi connectivity index (χ1n) is 15.1. The van der Waals surface area contributed by atoms with Gasteiger partial charge in [0.25, 0.3) is 9.85 Å². The number of aromatic hydroxyl groups is 2. The first-order chi connectivity index (χ1) is 25.4. The molecular formula is C34H26CaN6O12S2+2. The fourth-order valence-corrected chi connectivity index (χ4v) is 6.70. The van der Waals surface area contributed by atoms with Crippen molar-refractivity contribution in [2.75, 3.05) is 0 Å². The molecule has 6 aromatic rings. The van der Waals surface area contributed by atoms with Gasteiger partial charge in [0.15, 0.2) is 0 Å². The van der Waals surface area contributed by atoms with Crippen LogP contribution in [0.4, 0.5) is 34.1 Å². The Morgan fingerprint density at radius 2 is 0.855 bits per heavy atom. The fourth-order valence-electron chi connectivity index (χ4n) is 5.30. The van der Waals surface area contributed by atoms with Crippen molar-refractivity contribution in [3.05, 3.63) is 118 Å². The number of azo groups is 2. The van der Waals surface area contributed by atoms with E-state index < -0.39 is 41.5 Å². The van der Waals surface area contributed by atoms with E-state index in [0.717, 1.165) is 12.1 Å². The van der Waals surface area contributed by atoms with Crippen LogP contribution in [0.5, 0.6) is 11.5 Å². The zero-order chi connectivity index (χ0) is 39.5. The molecule has 0 aromatic heterocycles. The summed E-state index contributed by atoms with van der Waals surface area (Å²) in [6, 6.07) is 22.4. The Morgan fingerprint density at radius 1 is 0.527 bits per heavy atom.